The molecule has 4 N–H and O–H groups in total. The van der Waals surface area contributed by atoms with Gasteiger partial charge in [0.2, 0.25) is 15.9 Å². The lowest BCUT2D eigenvalue weighted by atomic mass is 10.2. The van der Waals surface area contributed by atoms with Crippen molar-refractivity contribution in [2.24, 2.45) is 5.14 Å². The van der Waals surface area contributed by atoms with Gasteiger partial charge in [0, 0.05) is 16.5 Å². The number of hydrogen-bond acceptors (Lipinski definition) is 4. The van der Waals surface area contributed by atoms with Gasteiger partial charge in [-0.1, -0.05) is 0 Å². The Balaban J connectivity index is 2.35. The lowest BCUT2D eigenvalue weighted by Crippen LogP contribution is -2.32. The summed E-state index contributed by atoms with van der Waals surface area (Å²) >= 11 is 2.10. The summed E-state index contributed by atoms with van der Waals surface area (Å²) in [5.41, 5.74) is 6.79. The number of hydrogen-bond donors (Lipinski definition) is 2. The molecule has 1 aliphatic heterocycles. The molecular formula is C10H12IN3O3S. The molecule has 0 saturated carbocycles. The van der Waals surface area contributed by atoms with Gasteiger partial charge < -0.3 is 10.6 Å². The van der Waals surface area contributed by atoms with Crippen molar-refractivity contribution < 1.29 is 13.2 Å². The Morgan fingerprint density at radius 3 is 2.61 bits per heavy atom. The minimum atomic E-state index is -3.70. The lowest BCUT2D eigenvalue weighted by molar-refractivity contribution is -0.117. The van der Waals surface area contributed by atoms with Crippen LogP contribution in [0.25, 0.3) is 0 Å². The van der Waals surface area contributed by atoms with Gasteiger partial charge in [0.25, 0.3) is 0 Å². The van der Waals surface area contributed by atoms with Gasteiger partial charge in [-0.15, -0.1) is 0 Å². The Hall–Kier alpha value is -0.870. The molecule has 0 spiro atoms. The zero-order chi connectivity index (χ0) is 13.5. The van der Waals surface area contributed by atoms with E-state index in [0.717, 1.165) is 3.57 Å². The van der Waals surface area contributed by atoms with Crippen molar-refractivity contribution in [2.45, 2.75) is 11.7 Å². The van der Waals surface area contributed by atoms with Crippen LogP contribution in [0, 0.1) is 3.57 Å². The SMILES string of the molecule is Nc1ccc(I)cc1N1CC(S(N)(=O)=O)CC1=O. The fourth-order valence-electron chi connectivity index (χ4n) is 1.88. The van der Waals surface area contributed by atoms with Gasteiger partial charge in [0.1, 0.15) is 5.25 Å². The number of nitrogen functional groups attached to an aromatic ring is 1. The minimum Gasteiger partial charge on any atom is -0.397 e. The number of carbonyl (C=O) groups excluding carboxylic acids is 1. The van der Waals surface area contributed by atoms with Gasteiger partial charge >= 0.3 is 0 Å². The molecule has 0 aromatic heterocycles. The number of nitrogens with zero attached hydrogens (tertiary/aromatic N) is 1. The van der Waals surface area contributed by atoms with Crippen LogP contribution in [0.4, 0.5) is 11.4 Å². The van der Waals surface area contributed by atoms with E-state index in [1.165, 1.54) is 4.90 Å². The maximum absolute atomic E-state index is 11.8. The molecule has 18 heavy (non-hydrogen) atoms. The standard InChI is InChI=1S/C10H12IN3O3S/c11-6-1-2-8(12)9(3-6)14-5-7(4-10(14)15)18(13,16)17/h1-3,7H,4-5,12H2,(H2,13,16,17). The molecule has 1 atom stereocenters. The number of benzene rings is 1. The fraction of sp³-hybridized carbons (Fsp3) is 0.300. The monoisotopic (exact) mass is 381 g/mol. The van der Waals surface area contributed by atoms with Crippen LogP contribution in [0.3, 0.4) is 0 Å². The normalized spacial score (nSPS) is 20.4. The highest BCUT2D eigenvalue weighted by Gasteiger charge is 2.37. The first-order valence-corrected chi connectivity index (χ1v) is 7.85. The topological polar surface area (TPSA) is 106 Å². The first kappa shape index (κ1) is 13.6. The van der Waals surface area contributed by atoms with E-state index in [4.69, 9.17) is 10.9 Å². The van der Waals surface area contributed by atoms with E-state index in [2.05, 4.69) is 22.6 Å². The molecule has 6 nitrogen and oxygen atoms in total. The molecule has 1 unspecified atom stereocenters. The van der Waals surface area contributed by atoms with E-state index in [1.54, 1.807) is 12.1 Å². The molecule has 1 aliphatic rings. The van der Waals surface area contributed by atoms with Crippen molar-refractivity contribution in [3.63, 3.8) is 0 Å². The van der Waals surface area contributed by atoms with E-state index < -0.39 is 15.3 Å². The average molecular weight is 381 g/mol. The zero-order valence-corrected chi connectivity index (χ0v) is 12.3. The van der Waals surface area contributed by atoms with E-state index in [0.29, 0.717) is 11.4 Å². The Kier molecular flexibility index (Phi) is 3.52. The number of sulfonamides is 1. The van der Waals surface area contributed by atoms with Gasteiger partial charge in [0.15, 0.2) is 0 Å². The third-order valence-corrected chi connectivity index (χ3v) is 4.75. The van der Waals surface area contributed by atoms with E-state index in [1.807, 2.05) is 6.07 Å². The van der Waals surface area contributed by atoms with Crippen LogP contribution >= 0.6 is 22.6 Å². The van der Waals surface area contributed by atoms with Crippen LogP contribution in [-0.4, -0.2) is 26.1 Å². The average Bonchev–Trinajstić information content (AvgIpc) is 2.64. The lowest BCUT2D eigenvalue weighted by Gasteiger charge is -2.18. The van der Waals surface area contributed by atoms with Crippen LogP contribution in [0.1, 0.15) is 6.42 Å². The van der Waals surface area contributed by atoms with Gasteiger partial charge in [-0.3, -0.25) is 4.79 Å². The Labute approximate surface area is 119 Å². The number of nitrogens with two attached hydrogens (primary N) is 2. The molecule has 1 aromatic rings. The second-order valence-electron chi connectivity index (χ2n) is 4.12. The number of anilines is 2. The van der Waals surface area contributed by atoms with Crippen LogP contribution in [-0.2, 0) is 14.8 Å². The second kappa shape index (κ2) is 4.67. The zero-order valence-electron chi connectivity index (χ0n) is 9.34. The number of primary sulfonamides is 1. The summed E-state index contributed by atoms with van der Waals surface area (Å²) in [5, 5.41) is 4.21. The predicted molar refractivity (Wildman–Crippen MR) is 77.4 cm³/mol. The van der Waals surface area contributed by atoms with E-state index in [9.17, 15) is 13.2 Å². The third kappa shape index (κ3) is 2.59. The number of halogens is 1. The smallest absolute Gasteiger partial charge is 0.228 e. The van der Waals surface area contributed by atoms with Crippen LogP contribution in [0.15, 0.2) is 18.2 Å². The van der Waals surface area contributed by atoms with Crippen molar-refractivity contribution >= 4 is 49.9 Å². The largest absolute Gasteiger partial charge is 0.397 e. The summed E-state index contributed by atoms with van der Waals surface area (Å²) in [6.45, 7) is 0.0575. The van der Waals surface area contributed by atoms with Gasteiger partial charge in [0.05, 0.1) is 11.4 Å². The molecule has 8 heteroatoms. The van der Waals surface area contributed by atoms with Gasteiger partial charge in [-0.2, -0.15) is 0 Å². The molecule has 1 aromatic carbocycles. The molecule has 0 radical (unpaired) electrons. The Bertz CT molecular complexity index is 602. The summed E-state index contributed by atoms with van der Waals surface area (Å²) in [6, 6.07) is 5.26. The molecule has 1 fully saturated rings. The van der Waals surface area contributed by atoms with Crippen LogP contribution < -0.4 is 15.8 Å². The minimum absolute atomic E-state index is 0.0575. The van der Waals surface area contributed by atoms with Crippen molar-refractivity contribution in [3.05, 3.63) is 21.8 Å². The maximum Gasteiger partial charge on any atom is 0.228 e. The van der Waals surface area contributed by atoms with Gasteiger partial charge in [-0.25, -0.2) is 13.6 Å². The molecule has 0 aliphatic carbocycles. The first-order chi connectivity index (χ1) is 8.29. The fourth-order valence-corrected chi connectivity index (χ4v) is 3.08. The number of amides is 1. The summed E-state index contributed by atoms with van der Waals surface area (Å²) in [4.78, 5) is 13.2. The van der Waals surface area contributed by atoms with Crippen molar-refractivity contribution in [1.82, 2.24) is 0 Å². The first-order valence-electron chi connectivity index (χ1n) is 5.16. The highest BCUT2D eigenvalue weighted by molar-refractivity contribution is 14.1. The molecule has 2 rings (SSSR count). The van der Waals surface area contributed by atoms with Crippen molar-refractivity contribution in [1.29, 1.82) is 0 Å². The van der Waals surface area contributed by atoms with E-state index >= 15 is 0 Å². The Morgan fingerprint density at radius 1 is 1.39 bits per heavy atom. The predicted octanol–water partition coefficient (Wildman–Crippen LogP) is 0.267. The molecule has 1 heterocycles. The highest BCUT2D eigenvalue weighted by Crippen LogP contribution is 2.30. The third-order valence-electron chi connectivity index (χ3n) is 2.84. The quantitative estimate of drug-likeness (QED) is 0.567. The van der Waals surface area contributed by atoms with Crippen LogP contribution in [0.5, 0.6) is 0 Å². The molecule has 98 valence electrons. The number of rotatable bonds is 2. The van der Waals surface area contributed by atoms with E-state index in [-0.39, 0.29) is 18.9 Å². The summed E-state index contributed by atoms with van der Waals surface area (Å²) in [6.07, 6.45) is -0.0935. The summed E-state index contributed by atoms with van der Waals surface area (Å²) in [5.74, 6) is -0.275. The Morgan fingerprint density at radius 2 is 2.06 bits per heavy atom. The van der Waals surface area contributed by atoms with Crippen molar-refractivity contribution in [3.8, 4) is 0 Å². The molecule has 1 saturated heterocycles. The highest BCUT2D eigenvalue weighted by atomic mass is 127. The summed E-state index contributed by atoms with van der Waals surface area (Å²) < 4.78 is 23.5. The van der Waals surface area contributed by atoms with Gasteiger partial charge in [-0.05, 0) is 40.8 Å². The maximum atomic E-state index is 11.8. The molecular weight excluding hydrogens is 369 g/mol. The second-order valence-corrected chi connectivity index (χ2v) is 7.21. The summed E-state index contributed by atoms with van der Waals surface area (Å²) in [7, 11) is -3.70. The molecule has 0 bridgehead atoms. The van der Waals surface area contributed by atoms with Crippen molar-refractivity contribution in [2.75, 3.05) is 17.2 Å². The van der Waals surface area contributed by atoms with Crippen LogP contribution in [0.2, 0.25) is 0 Å². The number of carbonyl (C=O) groups is 1. The molecule has 1 amide bonds.